The summed E-state index contributed by atoms with van der Waals surface area (Å²) in [6.07, 6.45) is 0. The SMILES string of the molecule is CC(C)c1ccc(-c2cc(C(C)C)c(C(C)C)cc2C(C)C)cc1. The lowest BCUT2D eigenvalue weighted by Crippen LogP contribution is -2.04. The lowest BCUT2D eigenvalue weighted by atomic mass is 9.82. The molecule has 24 heavy (non-hydrogen) atoms. The Labute approximate surface area is 149 Å². The van der Waals surface area contributed by atoms with Gasteiger partial charge in [0.15, 0.2) is 0 Å². The fraction of sp³-hybridized carbons (Fsp3) is 0.500. The van der Waals surface area contributed by atoms with Gasteiger partial charge < -0.3 is 0 Å². The van der Waals surface area contributed by atoms with E-state index in [1.54, 1.807) is 0 Å². The van der Waals surface area contributed by atoms with Crippen LogP contribution in [0, 0.1) is 0 Å². The fourth-order valence-corrected chi connectivity index (χ4v) is 3.43. The molecule has 0 saturated carbocycles. The van der Waals surface area contributed by atoms with Gasteiger partial charge in [0.25, 0.3) is 0 Å². The van der Waals surface area contributed by atoms with Crippen molar-refractivity contribution in [1.29, 1.82) is 0 Å². The molecule has 0 aliphatic carbocycles. The highest BCUT2D eigenvalue weighted by Gasteiger charge is 2.17. The van der Waals surface area contributed by atoms with Crippen LogP contribution in [-0.2, 0) is 0 Å². The molecule has 0 aliphatic heterocycles. The van der Waals surface area contributed by atoms with Crippen LogP contribution in [0.4, 0.5) is 0 Å². The van der Waals surface area contributed by atoms with Crippen molar-refractivity contribution in [3.8, 4) is 11.1 Å². The molecule has 0 heterocycles. The van der Waals surface area contributed by atoms with E-state index >= 15 is 0 Å². The minimum absolute atomic E-state index is 0.531. The summed E-state index contributed by atoms with van der Waals surface area (Å²) in [4.78, 5) is 0. The maximum absolute atomic E-state index is 2.47. The van der Waals surface area contributed by atoms with Crippen LogP contribution >= 0.6 is 0 Å². The molecule has 0 fully saturated rings. The molecule has 2 rings (SSSR count). The van der Waals surface area contributed by atoms with E-state index in [-0.39, 0.29) is 0 Å². The van der Waals surface area contributed by atoms with E-state index in [1.807, 2.05) is 0 Å². The molecular formula is C24H34. The number of hydrogen-bond donors (Lipinski definition) is 0. The highest BCUT2D eigenvalue weighted by atomic mass is 14.2. The van der Waals surface area contributed by atoms with Crippen LogP contribution in [0.1, 0.15) is 101 Å². The third kappa shape index (κ3) is 3.91. The standard InChI is InChI=1S/C24H34/c1-15(2)19-9-11-20(12-10-19)24-14-22(17(5)6)21(16(3)4)13-23(24)18(7)8/h9-18H,1-8H3. The lowest BCUT2D eigenvalue weighted by Gasteiger charge is -2.23. The van der Waals surface area contributed by atoms with Crippen LogP contribution in [0.3, 0.4) is 0 Å². The molecule has 2 aromatic rings. The van der Waals surface area contributed by atoms with Gasteiger partial charge in [0.1, 0.15) is 0 Å². The second-order valence-electron chi connectivity index (χ2n) is 8.31. The average Bonchev–Trinajstić information content (AvgIpc) is 2.53. The maximum atomic E-state index is 2.47. The molecule has 0 nitrogen and oxygen atoms in total. The van der Waals surface area contributed by atoms with Gasteiger partial charge >= 0.3 is 0 Å². The van der Waals surface area contributed by atoms with Crippen LogP contribution in [0.15, 0.2) is 36.4 Å². The van der Waals surface area contributed by atoms with Crippen LogP contribution in [0.25, 0.3) is 11.1 Å². The van der Waals surface area contributed by atoms with E-state index in [1.165, 1.54) is 33.4 Å². The minimum Gasteiger partial charge on any atom is -0.0587 e. The molecule has 0 aromatic heterocycles. The van der Waals surface area contributed by atoms with Gasteiger partial charge in [-0.15, -0.1) is 0 Å². The number of rotatable bonds is 5. The van der Waals surface area contributed by atoms with Crippen molar-refractivity contribution in [3.05, 3.63) is 58.7 Å². The molecule has 0 saturated heterocycles. The molecule has 0 aliphatic rings. The van der Waals surface area contributed by atoms with Crippen LogP contribution in [0.5, 0.6) is 0 Å². The van der Waals surface area contributed by atoms with Gasteiger partial charge in [-0.25, -0.2) is 0 Å². The van der Waals surface area contributed by atoms with Crippen molar-refractivity contribution in [3.63, 3.8) is 0 Å². The van der Waals surface area contributed by atoms with E-state index in [4.69, 9.17) is 0 Å². The monoisotopic (exact) mass is 322 g/mol. The lowest BCUT2D eigenvalue weighted by molar-refractivity contribution is 0.779. The van der Waals surface area contributed by atoms with E-state index in [2.05, 4.69) is 91.8 Å². The van der Waals surface area contributed by atoms with Crippen molar-refractivity contribution >= 4 is 0 Å². The topological polar surface area (TPSA) is 0 Å². The zero-order chi connectivity index (χ0) is 18.0. The Hall–Kier alpha value is -1.56. The molecule has 0 radical (unpaired) electrons. The second kappa shape index (κ2) is 7.55. The molecular weight excluding hydrogens is 288 g/mol. The molecule has 0 amide bonds. The van der Waals surface area contributed by atoms with Gasteiger partial charge in [0, 0.05) is 0 Å². The average molecular weight is 323 g/mol. The van der Waals surface area contributed by atoms with Crippen molar-refractivity contribution in [2.45, 2.75) is 79.1 Å². The summed E-state index contributed by atoms with van der Waals surface area (Å²) < 4.78 is 0. The predicted molar refractivity (Wildman–Crippen MR) is 108 cm³/mol. The van der Waals surface area contributed by atoms with Crippen molar-refractivity contribution in [1.82, 2.24) is 0 Å². The Balaban J connectivity index is 2.65. The summed E-state index contributed by atoms with van der Waals surface area (Å²) in [6, 6.07) is 14.1. The Bertz CT molecular complexity index is 670. The third-order valence-electron chi connectivity index (χ3n) is 5.01. The van der Waals surface area contributed by atoms with Gasteiger partial charge in [-0.2, -0.15) is 0 Å². The Morgan fingerprint density at radius 1 is 0.500 bits per heavy atom. The van der Waals surface area contributed by atoms with Gasteiger partial charge in [0.2, 0.25) is 0 Å². The van der Waals surface area contributed by atoms with Crippen LogP contribution in [-0.4, -0.2) is 0 Å². The van der Waals surface area contributed by atoms with Gasteiger partial charge in [0.05, 0.1) is 0 Å². The Kier molecular flexibility index (Phi) is 5.91. The molecule has 2 aromatic carbocycles. The minimum atomic E-state index is 0.531. The first-order valence-electron chi connectivity index (χ1n) is 9.50. The first-order valence-corrected chi connectivity index (χ1v) is 9.50. The smallest absolute Gasteiger partial charge is 0.0146 e. The molecule has 0 atom stereocenters. The zero-order valence-corrected chi connectivity index (χ0v) is 16.8. The summed E-state index contributed by atoms with van der Waals surface area (Å²) in [5, 5.41) is 0. The molecule has 0 bridgehead atoms. The summed E-state index contributed by atoms with van der Waals surface area (Å²) in [5.41, 5.74) is 8.65. The summed E-state index contributed by atoms with van der Waals surface area (Å²) in [5.74, 6) is 2.23. The first kappa shape index (κ1) is 18.8. The normalized spacial score (nSPS) is 12.0. The molecule has 0 heteroatoms. The highest BCUT2D eigenvalue weighted by Crippen LogP contribution is 2.37. The van der Waals surface area contributed by atoms with E-state index in [0.29, 0.717) is 23.7 Å². The van der Waals surface area contributed by atoms with Crippen molar-refractivity contribution in [2.75, 3.05) is 0 Å². The van der Waals surface area contributed by atoms with Gasteiger partial charge in [-0.05, 0) is 57.1 Å². The summed E-state index contributed by atoms with van der Waals surface area (Å²) in [7, 11) is 0. The fourth-order valence-electron chi connectivity index (χ4n) is 3.43. The Morgan fingerprint density at radius 2 is 0.958 bits per heavy atom. The second-order valence-corrected chi connectivity index (χ2v) is 8.31. The maximum Gasteiger partial charge on any atom is -0.0146 e. The first-order chi connectivity index (χ1) is 11.2. The van der Waals surface area contributed by atoms with Crippen molar-refractivity contribution in [2.24, 2.45) is 0 Å². The zero-order valence-electron chi connectivity index (χ0n) is 16.8. The van der Waals surface area contributed by atoms with Gasteiger partial charge in [-0.3, -0.25) is 0 Å². The third-order valence-corrected chi connectivity index (χ3v) is 5.01. The quantitative estimate of drug-likeness (QED) is 0.525. The molecule has 130 valence electrons. The summed E-state index contributed by atoms with van der Waals surface area (Å²) in [6.45, 7) is 18.3. The largest absolute Gasteiger partial charge is 0.0587 e. The van der Waals surface area contributed by atoms with Crippen molar-refractivity contribution < 1.29 is 0 Å². The Morgan fingerprint density at radius 3 is 1.38 bits per heavy atom. The molecule has 0 spiro atoms. The van der Waals surface area contributed by atoms with E-state index in [9.17, 15) is 0 Å². The number of benzene rings is 2. The van der Waals surface area contributed by atoms with E-state index < -0.39 is 0 Å². The summed E-state index contributed by atoms with van der Waals surface area (Å²) >= 11 is 0. The predicted octanol–water partition coefficient (Wildman–Crippen LogP) is 7.85. The van der Waals surface area contributed by atoms with Gasteiger partial charge in [-0.1, -0.05) is 91.8 Å². The van der Waals surface area contributed by atoms with E-state index in [0.717, 1.165) is 0 Å². The molecule has 0 unspecified atom stereocenters. The highest BCUT2D eigenvalue weighted by molar-refractivity contribution is 5.70. The number of hydrogen-bond acceptors (Lipinski definition) is 0. The van der Waals surface area contributed by atoms with Crippen LogP contribution < -0.4 is 0 Å². The molecule has 0 N–H and O–H groups in total. The van der Waals surface area contributed by atoms with Crippen LogP contribution in [0.2, 0.25) is 0 Å².